The molecule has 7 rings (SSSR count). The van der Waals surface area contributed by atoms with E-state index in [9.17, 15) is 9.59 Å². The summed E-state index contributed by atoms with van der Waals surface area (Å²) >= 11 is 0. The van der Waals surface area contributed by atoms with Gasteiger partial charge in [-0.05, 0) is 59.7 Å². The molecule has 0 bridgehead atoms. The third-order valence-corrected chi connectivity index (χ3v) is 7.80. The molecule has 2 aliphatic rings. The number of aromatic amines is 1. The van der Waals surface area contributed by atoms with Crippen LogP contribution >= 0.6 is 0 Å². The number of ether oxygens (including phenoxy) is 2. The van der Waals surface area contributed by atoms with Gasteiger partial charge < -0.3 is 9.47 Å². The quantitative estimate of drug-likeness (QED) is 0.147. The maximum absolute atomic E-state index is 13.2. The molecule has 1 aliphatic heterocycles. The molecule has 14 nitrogen and oxygen atoms in total. The average Bonchev–Trinajstić information content (AvgIpc) is 3.77. The number of hydrogen-bond donors (Lipinski definition) is 2. The summed E-state index contributed by atoms with van der Waals surface area (Å²) in [6.07, 6.45) is 0. The summed E-state index contributed by atoms with van der Waals surface area (Å²) in [6, 6.07) is 32.7. The normalized spacial score (nSPS) is 11.8. The van der Waals surface area contributed by atoms with Crippen LogP contribution in [0.2, 0.25) is 0 Å². The largest absolute Gasteiger partial charge is 0.497 e. The second-order valence-electron chi connectivity index (χ2n) is 11.1. The Labute approximate surface area is 285 Å². The monoisotopic (exact) mass is 666 g/mol. The Morgan fingerprint density at radius 3 is 1.92 bits per heavy atom. The third kappa shape index (κ3) is 6.71. The van der Waals surface area contributed by atoms with Crippen LogP contribution in [0.4, 0.5) is 5.69 Å². The van der Waals surface area contributed by atoms with Crippen LogP contribution in [0.15, 0.2) is 125 Å². The fourth-order valence-corrected chi connectivity index (χ4v) is 5.26. The van der Waals surface area contributed by atoms with E-state index in [2.05, 4.69) is 25.9 Å². The topological polar surface area (TPSA) is 166 Å². The number of amides is 2. The van der Waals surface area contributed by atoms with E-state index in [1.165, 1.54) is 4.80 Å². The molecule has 0 saturated carbocycles. The molecule has 0 radical (unpaired) electrons. The number of azo groups is 1. The van der Waals surface area contributed by atoms with Crippen LogP contribution in [0.25, 0.3) is 22.4 Å². The fourth-order valence-electron chi connectivity index (χ4n) is 5.26. The van der Waals surface area contributed by atoms with Crippen LogP contribution in [-0.4, -0.2) is 56.0 Å². The fraction of sp³-hybridized carbons (Fsp3) is 0.111. The molecule has 0 fully saturated rings. The van der Waals surface area contributed by atoms with Crippen molar-refractivity contribution in [3.63, 3.8) is 0 Å². The van der Waals surface area contributed by atoms with Gasteiger partial charge in [-0.1, -0.05) is 60.7 Å². The SMILES string of the molecule is COc1ccc(C(=O)N=Nc2c3[nH]n(Cc4ccccc4)nc-3c(=NNC(=O)c3ccc(OC)cc3)c3nn(Cc4ccccc4)nc23)cc1. The number of nitrogens with one attached hydrogen (secondary N) is 2. The van der Waals surface area contributed by atoms with Crippen molar-refractivity contribution >= 4 is 28.5 Å². The van der Waals surface area contributed by atoms with Crippen molar-refractivity contribution in [2.24, 2.45) is 15.3 Å². The maximum Gasteiger partial charge on any atom is 0.295 e. The van der Waals surface area contributed by atoms with Gasteiger partial charge in [-0.25, -0.2) is 10.2 Å². The van der Waals surface area contributed by atoms with Gasteiger partial charge in [0.25, 0.3) is 11.8 Å². The smallest absolute Gasteiger partial charge is 0.295 e. The number of carbonyl (C=O) groups excluding carboxylic acids is 2. The highest BCUT2D eigenvalue weighted by molar-refractivity contribution is 5.98. The first-order chi connectivity index (χ1) is 24.5. The molecule has 1 aliphatic carbocycles. The number of rotatable bonds is 10. The molecule has 50 heavy (non-hydrogen) atoms. The molecule has 2 N–H and O–H groups in total. The van der Waals surface area contributed by atoms with E-state index in [1.54, 1.807) is 67.5 Å². The van der Waals surface area contributed by atoms with Gasteiger partial charge in [-0.2, -0.15) is 25.2 Å². The van der Waals surface area contributed by atoms with Crippen molar-refractivity contribution in [1.29, 1.82) is 0 Å². The first kappa shape index (κ1) is 31.6. The molecule has 2 amide bonds. The minimum absolute atomic E-state index is 0.232. The molecular weight excluding hydrogens is 636 g/mol. The zero-order chi connectivity index (χ0) is 34.5. The number of H-pyrrole nitrogens is 1. The van der Waals surface area contributed by atoms with E-state index >= 15 is 0 Å². The second kappa shape index (κ2) is 14.0. The van der Waals surface area contributed by atoms with Crippen LogP contribution < -0.4 is 20.3 Å². The molecule has 2 heterocycles. The third-order valence-electron chi connectivity index (χ3n) is 7.80. The summed E-state index contributed by atoms with van der Waals surface area (Å²) in [7, 11) is 3.10. The molecule has 4 aromatic carbocycles. The van der Waals surface area contributed by atoms with Crippen LogP contribution in [0.1, 0.15) is 31.8 Å². The Morgan fingerprint density at radius 2 is 1.30 bits per heavy atom. The van der Waals surface area contributed by atoms with Gasteiger partial charge in [0, 0.05) is 11.1 Å². The molecular formula is C36H30N10O4. The first-order valence-corrected chi connectivity index (χ1v) is 15.5. The van der Waals surface area contributed by atoms with Crippen LogP contribution in [0, 0.1) is 0 Å². The molecule has 0 saturated heterocycles. The Morgan fingerprint density at radius 1 is 0.720 bits per heavy atom. The van der Waals surface area contributed by atoms with Gasteiger partial charge >= 0.3 is 0 Å². The minimum atomic E-state index is -0.567. The molecule has 5 aromatic rings. The van der Waals surface area contributed by atoms with E-state index in [1.807, 2.05) is 60.7 Å². The lowest BCUT2D eigenvalue weighted by molar-refractivity contribution is 0.0951. The van der Waals surface area contributed by atoms with Gasteiger partial charge in [0.1, 0.15) is 45.0 Å². The average molecular weight is 667 g/mol. The van der Waals surface area contributed by atoms with Crippen molar-refractivity contribution < 1.29 is 19.1 Å². The van der Waals surface area contributed by atoms with Gasteiger partial charge in [-0.3, -0.25) is 14.7 Å². The number of aromatic nitrogens is 6. The molecule has 14 heteroatoms. The number of benzene rings is 5. The van der Waals surface area contributed by atoms with E-state index < -0.39 is 11.8 Å². The molecule has 1 aromatic heterocycles. The number of nitrogens with zero attached hydrogens (tertiary/aromatic N) is 8. The first-order valence-electron chi connectivity index (χ1n) is 15.5. The van der Waals surface area contributed by atoms with Crippen molar-refractivity contribution in [1.82, 2.24) is 35.4 Å². The lowest BCUT2D eigenvalue weighted by Crippen LogP contribution is -2.23. The highest BCUT2D eigenvalue weighted by atomic mass is 16.5. The van der Waals surface area contributed by atoms with E-state index in [0.717, 1.165) is 11.1 Å². The Hall–Kier alpha value is -6.96. The van der Waals surface area contributed by atoms with Crippen LogP contribution in [0.3, 0.4) is 0 Å². The molecule has 0 unspecified atom stereocenters. The van der Waals surface area contributed by atoms with Gasteiger partial charge in [-0.15, -0.1) is 10.2 Å². The van der Waals surface area contributed by atoms with Crippen molar-refractivity contribution in [3.05, 3.63) is 137 Å². The second-order valence-corrected chi connectivity index (χ2v) is 11.1. The van der Waals surface area contributed by atoms with Crippen LogP contribution in [-0.2, 0) is 13.1 Å². The summed E-state index contributed by atoms with van der Waals surface area (Å²) in [5, 5.41) is 30.9. The maximum atomic E-state index is 13.2. The number of hydrogen-bond acceptors (Lipinski definition) is 9. The summed E-state index contributed by atoms with van der Waals surface area (Å²) in [4.78, 5) is 29.5. The van der Waals surface area contributed by atoms with Crippen LogP contribution in [0.5, 0.6) is 11.5 Å². The Kier molecular flexibility index (Phi) is 8.88. The van der Waals surface area contributed by atoms with Crippen molar-refractivity contribution in [3.8, 4) is 22.9 Å². The minimum Gasteiger partial charge on any atom is -0.497 e. The molecule has 0 atom stereocenters. The number of methoxy groups -OCH3 is 2. The highest BCUT2D eigenvalue weighted by Gasteiger charge is 2.26. The summed E-state index contributed by atoms with van der Waals surface area (Å²) in [5.41, 5.74) is 6.84. The standard InChI is InChI=1S/C36H30N10O4/c1-49-27-17-13-25(14-18-27)35(47)39-37-29-31-33(43-45(41-31)21-23-9-5-3-6-10-23)30(38-40-36(48)26-15-19-28(50-2)20-16-26)34-32(29)42-46(44-34)22-24-11-7-4-8-12-24/h3-20,41H,21-22H2,1-2H3,(H,40,48). The van der Waals surface area contributed by atoms with E-state index in [4.69, 9.17) is 24.8 Å². The van der Waals surface area contributed by atoms with Gasteiger partial charge in [0.2, 0.25) is 0 Å². The summed E-state index contributed by atoms with van der Waals surface area (Å²) in [6.45, 7) is 0.720. The summed E-state index contributed by atoms with van der Waals surface area (Å²) in [5.74, 6) is 0.206. The van der Waals surface area contributed by atoms with Gasteiger partial charge in [0.05, 0.1) is 27.3 Å². The lowest BCUT2D eigenvalue weighted by Gasteiger charge is -2.04. The number of carbonyl (C=O) groups is 2. The Balaban J connectivity index is 1.38. The van der Waals surface area contributed by atoms with Crippen molar-refractivity contribution in [2.45, 2.75) is 13.1 Å². The zero-order valence-electron chi connectivity index (χ0n) is 27.0. The van der Waals surface area contributed by atoms with E-state index in [0.29, 0.717) is 58.1 Å². The summed E-state index contributed by atoms with van der Waals surface area (Å²) < 4.78 is 10.4. The molecule has 248 valence electrons. The predicted octanol–water partition coefficient (Wildman–Crippen LogP) is 5.34. The predicted molar refractivity (Wildman–Crippen MR) is 183 cm³/mol. The number of fused-ring (bicyclic) bond motifs is 2. The Bertz CT molecular complexity index is 2310. The van der Waals surface area contributed by atoms with Gasteiger partial charge in [0.15, 0.2) is 0 Å². The van der Waals surface area contributed by atoms with Crippen molar-refractivity contribution in [2.75, 3.05) is 14.2 Å². The molecule has 0 spiro atoms. The van der Waals surface area contributed by atoms with E-state index in [-0.39, 0.29) is 11.0 Å². The lowest BCUT2D eigenvalue weighted by atomic mass is 10.1. The highest BCUT2D eigenvalue weighted by Crippen LogP contribution is 2.33. The zero-order valence-corrected chi connectivity index (χ0v) is 27.0.